The summed E-state index contributed by atoms with van der Waals surface area (Å²) >= 11 is 0. The van der Waals surface area contributed by atoms with Gasteiger partial charge in [-0.2, -0.15) is 0 Å². The molecule has 0 saturated carbocycles. The highest BCUT2D eigenvalue weighted by Crippen LogP contribution is 2.12. The topological polar surface area (TPSA) is 26.3 Å². The first kappa shape index (κ1) is 12.2. The average Bonchev–Trinajstić information content (AvgIpc) is 2.17. The number of carbonyl (C=O) groups is 1. The van der Waals surface area contributed by atoms with Gasteiger partial charge in [0.2, 0.25) is 0 Å². The SMILES string of the molecule is CCC=CCCC(CC)C(=O)OC. The molecule has 1 unspecified atom stereocenters. The number of rotatable bonds is 6. The van der Waals surface area contributed by atoms with Crippen molar-refractivity contribution in [2.75, 3.05) is 7.11 Å². The largest absolute Gasteiger partial charge is 0.469 e. The fourth-order valence-corrected chi connectivity index (χ4v) is 1.24. The lowest BCUT2D eigenvalue weighted by atomic mass is 10.0. The Hall–Kier alpha value is -0.790. The van der Waals surface area contributed by atoms with Gasteiger partial charge in [0, 0.05) is 0 Å². The van der Waals surface area contributed by atoms with E-state index >= 15 is 0 Å². The van der Waals surface area contributed by atoms with Gasteiger partial charge in [0.25, 0.3) is 0 Å². The molecule has 0 aromatic carbocycles. The number of carbonyl (C=O) groups excluding carboxylic acids is 1. The minimum Gasteiger partial charge on any atom is -0.469 e. The Bertz CT molecular complexity index is 161. The monoisotopic (exact) mass is 184 g/mol. The Morgan fingerprint density at radius 2 is 2.08 bits per heavy atom. The van der Waals surface area contributed by atoms with Crippen LogP contribution in [0.1, 0.15) is 39.5 Å². The van der Waals surface area contributed by atoms with Gasteiger partial charge in [-0.05, 0) is 25.7 Å². The molecule has 0 amide bonds. The lowest BCUT2D eigenvalue weighted by Crippen LogP contribution is -2.14. The van der Waals surface area contributed by atoms with E-state index in [1.807, 2.05) is 6.92 Å². The number of hydrogen-bond donors (Lipinski definition) is 0. The fourth-order valence-electron chi connectivity index (χ4n) is 1.24. The maximum absolute atomic E-state index is 11.2. The van der Waals surface area contributed by atoms with Gasteiger partial charge < -0.3 is 4.74 Å². The fraction of sp³-hybridized carbons (Fsp3) is 0.727. The highest BCUT2D eigenvalue weighted by Gasteiger charge is 2.14. The van der Waals surface area contributed by atoms with E-state index in [0.29, 0.717) is 0 Å². The maximum atomic E-state index is 11.2. The van der Waals surface area contributed by atoms with Crippen molar-refractivity contribution >= 4 is 5.97 Å². The number of ether oxygens (including phenoxy) is 1. The third-order valence-corrected chi connectivity index (χ3v) is 2.11. The summed E-state index contributed by atoms with van der Waals surface area (Å²) in [5.74, 6) is -0.00101. The summed E-state index contributed by atoms with van der Waals surface area (Å²) in [4.78, 5) is 11.2. The van der Waals surface area contributed by atoms with E-state index in [4.69, 9.17) is 4.74 Å². The van der Waals surface area contributed by atoms with E-state index in [-0.39, 0.29) is 11.9 Å². The molecule has 0 aliphatic rings. The standard InChI is InChI=1S/C11H20O2/c1-4-6-7-8-9-10(5-2)11(12)13-3/h6-7,10H,4-5,8-9H2,1-3H3. The molecule has 0 aliphatic carbocycles. The molecule has 0 saturated heterocycles. The van der Waals surface area contributed by atoms with Crippen LogP contribution in [-0.4, -0.2) is 13.1 Å². The molecular weight excluding hydrogens is 164 g/mol. The molecule has 0 radical (unpaired) electrons. The lowest BCUT2D eigenvalue weighted by molar-refractivity contribution is -0.145. The molecule has 0 spiro atoms. The van der Waals surface area contributed by atoms with Crippen molar-refractivity contribution in [3.63, 3.8) is 0 Å². The van der Waals surface area contributed by atoms with Crippen LogP contribution in [-0.2, 0) is 9.53 Å². The molecule has 0 N–H and O–H groups in total. The smallest absolute Gasteiger partial charge is 0.308 e. The van der Waals surface area contributed by atoms with Gasteiger partial charge in [0.05, 0.1) is 13.0 Å². The zero-order valence-electron chi connectivity index (χ0n) is 8.88. The van der Waals surface area contributed by atoms with Crippen LogP contribution >= 0.6 is 0 Å². The zero-order valence-corrected chi connectivity index (χ0v) is 8.88. The Morgan fingerprint density at radius 3 is 2.54 bits per heavy atom. The second-order valence-electron chi connectivity index (χ2n) is 3.09. The molecule has 0 aromatic rings. The van der Waals surface area contributed by atoms with Crippen molar-refractivity contribution in [1.29, 1.82) is 0 Å². The van der Waals surface area contributed by atoms with E-state index in [9.17, 15) is 4.79 Å². The first-order valence-corrected chi connectivity index (χ1v) is 4.99. The summed E-state index contributed by atoms with van der Waals surface area (Å²) < 4.78 is 4.70. The predicted octanol–water partition coefficient (Wildman–Crippen LogP) is 2.93. The van der Waals surface area contributed by atoms with E-state index in [1.165, 1.54) is 7.11 Å². The highest BCUT2D eigenvalue weighted by molar-refractivity contribution is 5.72. The van der Waals surface area contributed by atoms with Crippen molar-refractivity contribution in [2.45, 2.75) is 39.5 Å². The molecule has 2 heteroatoms. The summed E-state index contributed by atoms with van der Waals surface area (Å²) in [6.07, 6.45) is 8.07. The van der Waals surface area contributed by atoms with Crippen LogP contribution in [0.15, 0.2) is 12.2 Å². The molecular formula is C11H20O2. The number of hydrogen-bond acceptors (Lipinski definition) is 2. The third kappa shape index (κ3) is 5.45. The average molecular weight is 184 g/mol. The molecule has 0 fully saturated rings. The first-order chi connectivity index (χ1) is 6.26. The molecule has 0 bridgehead atoms. The molecule has 0 heterocycles. The van der Waals surface area contributed by atoms with Crippen LogP contribution in [0.4, 0.5) is 0 Å². The van der Waals surface area contributed by atoms with Gasteiger partial charge >= 0.3 is 5.97 Å². The van der Waals surface area contributed by atoms with Crippen LogP contribution in [0.25, 0.3) is 0 Å². The molecule has 0 aliphatic heterocycles. The molecule has 2 nitrogen and oxygen atoms in total. The summed E-state index contributed by atoms with van der Waals surface area (Å²) in [5, 5.41) is 0. The lowest BCUT2D eigenvalue weighted by Gasteiger charge is -2.09. The first-order valence-electron chi connectivity index (χ1n) is 4.99. The Balaban J connectivity index is 3.72. The predicted molar refractivity (Wildman–Crippen MR) is 54.5 cm³/mol. The Morgan fingerprint density at radius 1 is 1.38 bits per heavy atom. The summed E-state index contributed by atoms with van der Waals surface area (Å²) in [7, 11) is 1.45. The number of methoxy groups -OCH3 is 1. The summed E-state index contributed by atoms with van der Waals surface area (Å²) in [5.41, 5.74) is 0. The normalized spacial score (nSPS) is 13.2. The molecule has 13 heavy (non-hydrogen) atoms. The minimum atomic E-state index is -0.0765. The second kappa shape index (κ2) is 7.84. The van der Waals surface area contributed by atoms with Crippen LogP contribution < -0.4 is 0 Å². The van der Waals surface area contributed by atoms with Gasteiger partial charge in [-0.15, -0.1) is 0 Å². The van der Waals surface area contributed by atoms with Crippen LogP contribution in [0, 0.1) is 5.92 Å². The molecule has 0 aromatic heterocycles. The summed E-state index contributed by atoms with van der Waals surface area (Å²) in [6, 6.07) is 0. The Kier molecular flexibility index (Phi) is 7.36. The second-order valence-corrected chi connectivity index (χ2v) is 3.09. The number of allylic oxidation sites excluding steroid dienone is 2. The van der Waals surface area contributed by atoms with Crippen LogP contribution in [0.5, 0.6) is 0 Å². The van der Waals surface area contributed by atoms with E-state index in [1.54, 1.807) is 0 Å². The molecule has 76 valence electrons. The molecule has 1 atom stereocenters. The van der Waals surface area contributed by atoms with E-state index < -0.39 is 0 Å². The van der Waals surface area contributed by atoms with Crippen molar-refractivity contribution in [2.24, 2.45) is 5.92 Å². The van der Waals surface area contributed by atoms with E-state index in [2.05, 4.69) is 19.1 Å². The van der Waals surface area contributed by atoms with Crippen molar-refractivity contribution < 1.29 is 9.53 Å². The summed E-state index contributed by atoms with van der Waals surface area (Å²) in [6.45, 7) is 4.12. The zero-order chi connectivity index (χ0) is 10.1. The van der Waals surface area contributed by atoms with Gasteiger partial charge in [-0.25, -0.2) is 0 Å². The number of esters is 1. The molecule has 0 rings (SSSR count). The van der Waals surface area contributed by atoms with Gasteiger partial charge in [0.1, 0.15) is 0 Å². The van der Waals surface area contributed by atoms with E-state index in [0.717, 1.165) is 25.7 Å². The van der Waals surface area contributed by atoms with Gasteiger partial charge in [-0.3, -0.25) is 4.79 Å². The van der Waals surface area contributed by atoms with Crippen molar-refractivity contribution in [3.05, 3.63) is 12.2 Å². The van der Waals surface area contributed by atoms with Crippen LogP contribution in [0.2, 0.25) is 0 Å². The van der Waals surface area contributed by atoms with Crippen molar-refractivity contribution in [1.82, 2.24) is 0 Å². The maximum Gasteiger partial charge on any atom is 0.308 e. The van der Waals surface area contributed by atoms with Gasteiger partial charge in [0.15, 0.2) is 0 Å². The van der Waals surface area contributed by atoms with Gasteiger partial charge in [-0.1, -0.05) is 26.0 Å². The third-order valence-electron chi connectivity index (χ3n) is 2.11. The highest BCUT2D eigenvalue weighted by atomic mass is 16.5. The minimum absolute atomic E-state index is 0.0755. The quantitative estimate of drug-likeness (QED) is 0.468. The Labute approximate surface area is 81.0 Å². The van der Waals surface area contributed by atoms with Crippen LogP contribution in [0.3, 0.4) is 0 Å². The van der Waals surface area contributed by atoms with Crippen molar-refractivity contribution in [3.8, 4) is 0 Å².